The van der Waals surface area contributed by atoms with Crippen molar-refractivity contribution in [2.45, 2.75) is 62.8 Å². The third-order valence-electron chi connectivity index (χ3n) is 9.91. The number of nitrogen functional groups attached to an aromatic ring is 1. The van der Waals surface area contributed by atoms with Gasteiger partial charge in [0.15, 0.2) is 5.82 Å². The topological polar surface area (TPSA) is 92.4 Å². The Kier molecular flexibility index (Phi) is 6.20. The number of ether oxygens (including phenoxy) is 1. The zero-order chi connectivity index (χ0) is 29.5. The molecule has 4 aliphatic heterocycles. The Bertz CT molecular complexity index is 1760. The Labute approximate surface area is 247 Å². The number of nitrogens with two attached hydrogens (primary N) is 1. The van der Waals surface area contributed by atoms with Crippen LogP contribution in [0.25, 0.3) is 32.9 Å². The second kappa shape index (κ2) is 9.92. The standard InChI is InChI=1S/C32H34F3N7O/c1-17-4-2-5-18-10-24(36)38-29(25(17)18)26-23(34)11-22-28(27(26)35)39-31(40-30(22)41-14-20-6-7-21(15-41)37-20)43-16-32-8-3-9-42(32)13-19(33)12-32/h2,4-5,10-11,19-21,37H,3,6-9,12-16H2,1H3,(H2,36,38)/t19-,20?,21?,32+/m1/s1. The maximum Gasteiger partial charge on any atom is 0.319 e. The van der Waals surface area contributed by atoms with Crippen molar-refractivity contribution in [2.75, 3.05) is 43.4 Å². The SMILES string of the molecule is Cc1cccc2cc(N)nc(-c3c(F)cc4c(N5CC6CCC(C5)N6)nc(OC[C@@]56CCCN5C[C@H](F)C6)nc4c3F)c12. The van der Waals surface area contributed by atoms with Gasteiger partial charge in [-0.3, -0.25) is 4.90 Å². The lowest BCUT2D eigenvalue weighted by atomic mass is 9.95. The maximum absolute atomic E-state index is 16.8. The van der Waals surface area contributed by atoms with Crippen LogP contribution in [0.3, 0.4) is 0 Å². The first-order valence-electron chi connectivity index (χ1n) is 15.2. The number of piperazine rings is 1. The number of benzene rings is 2. The minimum atomic E-state index is -0.902. The molecule has 2 aromatic heterocycles. The molecule has 2 aromatic carbocycles. The Hall–Kier alpha value is -3.70. The number of nitrogens with zero attached hydrogens (tertiary/aromatic N) is 5. The molecular weight excluding hydrogens is 555 g/mol. The molecule has 3 N–H and O–H groups in total. The van der Waals surface area contributed by atoms with Gasteiger partial charge < -0.3 is 20.7 Å². The summed E-state index contributed by atoms with van der Waals surface area (Å²) in [6, 6.07) is 9.17. The second-order valence-electron chi connectivity index (χ2n) is 12.7. The minimum Gasteiger partial charge on any atom is -0.461 e. The number of alkyl halides is 1. The van der Waals surface area contributed by atoms with E-state index in [0.29, 0.717) is 37.3 Å². The van der Waals surface area contributed by atoms with Crippen LogP contribution in [0.4, 0.5) is 24.8 Å². The summed E-state index contributed by atoms with van der Waals surface area (Å²) < 4.78 is 53.5. The van der Waals surface area contributed by atoms with E-state index in [1.54, 1.807) is 6.07 Å². The highest BCUT2D eigenvalue weighted by Crippen LogP contribution is 2.42. The van der Waals surface area contributed by atoms with Crippen molar-refractivity contribution in [3.63, 3.8) is 0 Å². The lowest BCUT2D eigenvalue weighted by Gasteiger charge is -2.34. The molecule has 2 bridgehead atoms. The lowest BCUT2D eigenvalue weighted by Crippen LogP contribution is -2.51. The van der Waals surface area contributed by atoms with Crippen molar-refractivity contribution >= 4 is 33.3 Å². The first-order valence-corrected chi connectivity index (χ1v) is 15.2. The van der Waals surface area contributed by atoms with E-state index < -0.39 is 23.3 Å². The van der Waals surface area contributed by atoms with Gasteiger partial charge in [0.05, 0.1) is 16.8 Å². The number of rotatable bonds is 5. The number of nitrogens with one attached hydrogen (secondary N) is 1. The van der Waals surface area contributed by atoms with Gasteiger partial charge in [0.1, 0.15) is 35.7 Å². The zero-order valence-electron chi connectivity index (χ0n) is 24.0. The molecule has 0 radical (unpaired) electrons. The third kappa shape index (κ3) is 4.38. The number of hydrogen-bond acceptors (Lipinski definition) is 8. The van der Waals surface area contributed by atoms with E-state index in [0.717, 1.165) is 43.2 Å². The van der Waals surface area contributed by atoms with E-state index in [1.165, 1.54) is 6.07 Å². The van der Waals surface area contributed by atoms with E-state index in [1.807, 2.05) is 25.1 Å². The molecule has 4 atom stereocenters. The fourth-order valence-corrected chi connectivity index (χ4v) is 7.99. The summed E-state index contributed by atoms with van der Waals surface area (Å²) in [6.07, 6.45) is 3.37. The van der Waals surface area contributed by atoms with Crippen LogP contribution in [0, 0.1) is 18.6 Å². The van der Waals surface area contributed by atoms with E-state index in [4.69, 9.17) is 15.5 Å². The third-order valence-corrected chi connectivity index (χ3v) is 9.91. The van der Waals surface area contributed by atoms with E-state index in [9.17, 15) is 4.39 Å². The maximum atomic E-state index is 16.8. The van der Waals surface area contributed by atoms with Crippen LogP contribution < -0.4 is 20.7 Å². The fourth-order valence-electron chi connectivity index (χ4n) is 7.99. The summed E-state index contributed by atoms with van der Waals surface area (Å²) in [4.78, 5) is 18.0. The summed E-state index contributed by atoms with van der Waals surface area (Å²) in [5, 5.41) is 5.25. The van der Waals surface area contributed by atoms with Crippen molar-refractivity contribution in [3.05, 3.63) is 47.5 Å². The molecular formula is C32H34F3N7O. The summed E-state index contributed by atoms with van der Waals surface area (Å²) in [6.45, 7) is 4.64. The highest BCUT2D eigenvalue weighted by Gasteiger charge is 2.49. The first-order chi connectivity index (χ1) is 20.8. The average molecular weight is 590 g/mol. The molecule has 4 aliphatic rings. The van der Waals surface area contributed by atoms with Crippen molar-refractivity contribution < 1.29 is 17.9 Å². The normalized spacial score (nSPS) is 27.0. The van der Waals surface area contributed by atoms with Gasteiger partial charge in [-0.05, 0) is 62.2 Å². The summed E-state index contributed by atoms with van der Waals surface area (Å²) >= 11 is 0. The number of hydrogen-bond donors (Lipinski definition) is 2. The number of aromatic nitrogens is 3. The van der Waals surface area contributed by atoms with Crippen LogP contribution in [0.15, 0.2) is 30.3 Å². The van der Waals surface area contributed by atoms with Crippen molar-refractivity contribution in [1.29, 1.82) is 0 Å². The molecule has 0 aliphatic carbocycles. The molecule has 11 heteroatoms. The summed E-state index contributed by atoms with van der Waals surface area (Å²) in [5.74, 6) is -0.988. The average Bonchev–Trinajstić information content (AvgIpc) is 3.62. The zero-order valence-corrected chi connectivity index (χ0v) is 24.0. The summed E-state index contributed by atoms with van der Waals surface area (Å²) in [5.41, 5.74) is 6.33. The monoisotopic (exact) mass is 589 g/mol. The van der Waals surface area contributed by atoms with Crippen LogP contribution in [0.5, 0.6) is 6.01 Å². The molecule has 2 unspecified atom stereocenters. The fraction of sp³-hybridized carbons (Fsp3) is 0.469. The molecule has 0 spiro atoms. The second-order valence-corrected chi connectivity index (χ2v) is 12.7. The minimum absolute atomic E-state index is 0.00921. The number of anilines is 2. The first kappa shape index (κ1) is 26.9. The van der Waals surface area contributed by atoms with Gasteiger partial charge in [-0.25, -0.2) is 18.2 Å². The highest BCUT2D eigenvalue weighted by atomic mass is 19.1. The van der Waals surface area contributed by atoms with Gasteiger partial charge in [-0.15, -0.1) is 0 Å². The largest absolute Gasteiger partial charge is 0.461 e. The smallest absolute Gasteiger partial charge is 0.319 e. The van der Waals surface area contributed by atoms with Crippen LogP contribution in [0.1, 0.15) is 37.7 Å². The van der Waals surface area contributed by atoms with E-state index >= 15 is 8.78 Å². The van der Waals surface area contributed by atoms with E-state index in [-0.39, 0.29) is 52.7 Å². The van der Waals surface area contributed by atoms with Crippen molar-refractivity contribution in [1.82, 2.24) is 25.2 Å². The van der Waals surface area contributed by atoms with Crippen molar-refractivity contribution in [2.24, 2.45) is 0 Å². The van der Waals surface area contributed by atoms with Crippen LogP contribution in [-0.4, -0.2) is 76.4 Å². The van der Waals surface area contributed by atoms with Gasteiger partial charge in [0.2, 0.25) is 0 Å². The molecule has 43 heavy (non-hydrogen) atoms. The molecule has 4 saturated heterocycles. The van der Waals surface area contributed by atoms with Crippen LogP contribution in [0.2, 0.25) is 0 Å². The van der Waals surface area contributed by atoms with Crippen molar-refractivity contribution in [3.8, 4) is 17.3 Å². The Balaban J connectivity index is 1.28. The van der Waals surface area contributed by atoms with E-state index in [2.05, 4.69) is 25.1 Å². The van der Waals surface area contributed by atoms with Gasteiger partial charge >= 0.3 is 6.01 Å². The Morgan fingerprint density at radius 1 is 1.09 bits per heavy atom. The molecule has 8 rings (SSSR count). The van der Waals surface area contributed by atoms with Crippen LogP contribution in [-0.2, 0) is 0 Å². The van der Waals surface area contributed by atoms with Gasteiger partial charge in [0, 0.05) is 48.9 Å². The lowest BCUT2D eigenvalue weighted by molar-refractivity contribution is 0.107. The molecule has 8 nitrogen and oxygen atoms in total. The molecule has 4 aromatic rings. The van der Waals surface area contributed by atoms with Gasteiger partial charge in [-0.1, -0.05) is 18.2 Å². The molecule has 4 fully saturated rings. The highest BCUT2D eigenvalue weighted by molar-refractivity contribution is 6.01. The van der Waals surface area contributed by atoms with Gasteiger partial charge in [-0.2, -0.15) is 9.97 Å². The molecule has 6 heterocycles. The predicted molar refractivity (Wildman–Crippen MR) is 160 cm³/mol. The van der Waals surface area contributed by atoms with Gasteiger partial charge in [0.25, 0.3) is 0 Å². The molecule has 0 saturated carbocycles. The quantitative estimate of drug-likeness (QED) is 0.340. The molecule has 224 valence electrons. The number of halogens is 3. The predicted octanol–water partition coefficient (Wildman–Crippen LogP) is 4.91. The summed E-state index contributed by atoms with van der Waals surface area (Å²) in [7, 11) is 0. The molecule has 0 amide bonds. The Morgan fingerprint density at radius 2 is 1.91 bits per heavy atom. The van der Waals surface area contributed by atoms with Crippen LogP contribution >= 0.6 is 0 Å². The number of aryl methyl sites for hydroxylation is 1. The number of fused-ring (bicyclic) bond motifs is 5. The Morgan fingerprint density at radius 3 is 2.72 bits per heavy atom. The number of pyridine rings is 1.